The Hall–Kier alpha value is -1.55. The maximum Gasteiger partial charge on any atom is 0.161 e. The van der Waals surface area contributed by atoms with Crippen LogP contribution in [-0.4, -0.2) is 37.9 Å². The minimum atomic E-state index is -2.55. The van der Waals surface area contributed by atoms with Gasteiger partial charge in [-0.05, 0) is 42.0 Å². The summed E-state index contributed by atoms with van der Waals surface area (Å²) in [5.74, 6) is -2.83. The third-order valence-electron chi connectivity index (χ3n) is 4.14. The first kappa shape index (κ1) is 10.3. The number of nitrogens with zero attached hydrogens (tertiary/aromatic N) is 1. The molecule has 4 nitrogen and oxygen atoms in total. The molecule has 23 heavy (non-hydrogen) atoms. The molecule has 0 aromatic heterocycles. The van der Waals surface area contributed by atoms with E-state index in [0.29, 0.717) is 22.6 Å². The van der Waals surface area contributed by atoms with Gasteiger partial charge in [-0.1, -0.05) is 13.8 Å². The highest BCUT2D eigenvalue weighted by atomic mass is 16.5. The lowest BCUT2D eigenvalue weighted by Crippen LogP contribution is -2.46. The number of fused-ring (bicyclic) bond motifs is 3. The van der Waals surface area contributed by atoms with Gasteiger partial charge in [-0.3, -0.25) is 9.69 Å². The number of benzene rings is 1. The first-order valence-electron chi connectivity index (χ1n) is 10.9. The van der Waals surface area contributed by atoms with Crippen LogP contribution in [0.4, 0.5) is 0 Å². The third-order valence-corrected chi connectivity index (χ3v) is 4.14. The van der Waals surface area contributed by atoms with Crippen LogP contribution in [0.25, 0.3) is 0 Å². The molecule has 0 amide bonds. The lowest BCUT2D eigenvalue weighted by Gasteiger charge is -2.43. The highest BCUT2D eigenvalue weighted by Crippen LogP contribution is 2.42. The number of ether oxygens (including phenoxy) is 2. The van der Waals surface area contributed by atoms with E-state index in [9.17, 15) is 4.79 Å². The van der Waals surface area contributed by atoms with Crippen molar-refractivity contribution in [1.82, 2.24) is 4.90 Å². The fourth-order valence-electron chi connectivity index (χ4n) is 3.04. The van der Waals surface area contributed by atoms with E-state index in [-0.39, 0.29) is 18.8 Å². The van der Waals surface area contributed by atoms with Gasteiger partial charge in [0.25, 0.3) is 0 Å². The maximum absolute atomic E-state index is 13.2. The molecule has 1 aromatic rings. The lowest BCUT2D eigenvalue weighted by atomic mass is 9.80. The second kappa shape index (κ2) is 6.52. The summed E-state index contributed by atoms with van der Waals surface area (Å²) >= 11 is 0. The van der Waals surface area contributed by atoms with E-state index in [1.165, 1.54) is 14.2 Å². The van der Waals surface area contributed by atoms with E-state index in [2.05, 4.69) is 0 Å². The second-order valence-corrected chi connectivity index (χ2v) is 6.26. The molecule has 0 N–H and O–H groups in total. The molecule has 0 saturated carbocycles. The number of carbonyl (C=O) groups excluding carboxylic acids is 1. The van der Waals surface area contributed by atoms with E-state index < -0.39 is 37.1 Å². The van der Waals surface area contributed by atoms with Crippen molar-refractivity contribution in [2.45, 2.75) is 39.1 Å². The molecule has 1 saturated heterocycles. The molecule has 2 heterocycles. The minimum Gasteiger partial charge on any atom is -0.493 e. The van der Waals surface area contributed by atoms with Crippen LogP contribution < -0.4 is 9.47 Å². The van der Waals surface area contributed by atoms with Gasteiger partial charge in [-0.25, -0.2) is 0 Å². The maximum atomic E-state index is 13.2. The van der Waals surface area contributed by atoms with Gasteiger partial charge in [0.1, 0.15) is 5.78 Å². The first-order valence-corrected chi connectivity index (χ1v) is 7.83. The van der Waals surface area contributed by atoms with Crippen molar-refractivity contribution in [3.8, 4) is 11.5 Å². The largest absolute Gasteiger partial charge is 0.493 e. The molecule has 3 atom stereocenters. The number of hydrogen-bond donors (Lipinski definition) is 0. The van der Waals surface area contributed by atoms with E-state index in [4.69, 9.17) is 17.7 Å². The van der Waals surface area contributed by atoms with Crippen LogP contribution in [-0.2, 0) is 11.2 Å². The van der Waals surface area contributed by atoms with E-state index in [1.807, 2.05) is 0 Å². The van der Waals surface area contributed by atoms with Crippen molar-refractivity contribution < 1.29 is 22.5 Å². The number of ketones is 1. The monoisotopic (exact) mass is 323 g/mol. The van der Waals surface area contributed by atoms with Gasteiger partial charge in [0.15, 0.2) is 11.5 Å². The SMILES string of the molecule is [2H]C1Cc2cc(OC)c(OC)cc2C2N1C([2H])([2H])C([2H])(CC(C)C)C(=O)C2([2H])[2H]. The standard InChI is InChI=1S/C19H27NO3/c1-12(2)7-14-11-20-6-5-13-8-18(22-3)19(23-4)9-15(13)16(20)10-17(14)21/h8-9,12,14,16H,5-7,10-11H2,1-4H3/i6D,10D2,11D2,14D. The number of Topliss-reactive ketones (excluding diaryl/α,β-unsaturated/α-hetero) is 1. The molecule has 2 aliphatic heterocycles. The molecule has 1 aromatic carbocycles. The molecule has 3 unspecified atom stereocenters. The molecule has 0 radical (unpaired) electrons. The lowest BCUT2D eigenvalue weighted by molar-refractivity contribution is -0.129. The summed E-state index contributed by atoms with van der Waals surface area (Å²) in [6.45, 7) is -0.132. The third kappa shape index (κ3) is 3.09. The fraction of sp³-hybridized carbons (Fsp3) is 0.632. The van der Waals surface area contributed by atoms with Crippen molar-refractivity contribution in [3.63, 3.8) is 0 Å². The molecule has 4 heteroatoms. The zero-order valence-corrected chi connectivity index (χ0v) is 14.0. The van der Waals surface area contributed by atoms with Crippen LogP contribution in [0.3, 0.4) is 0 Å². The molecule has 2 aliphatic rings. The van der Waals surface area contributed by atoms with E-state index in [1.54, 1.807) is 26.0 Å². The predicted molar refractivity (Wildman–Crippen MR) is 90.1 cm³/mol. The Morgan fingerprint density at radius 3 is 2.70 bits per heavy atom. The van der Waals surface area contributed by atoms with Gasteiger partial charge in [0, 0.05) is 39.6 Å². The molecule has 0 spiro atoms. The van der Waals surface area contributed by atoms with Crippen LogP contribution >= 0.6 is 0 Å². The highest BCUT2D eigenvalue weighted by Gasteiger charge is 2.38. The molecule has 0 aliphatic carbocycles. The van der Waals surface area contributed by atoms with Crippen molar-refractivity contribution in [2.24, 2.45) is 11.8 Å². The summed E-state index contributed by atoms with van der Waals surface area (Å²) in [5.41, 5.74) is 0.998. The Labute approximate surface area is 147 Å². The van der Waals surface area contributed by atoms with Crippen molar-refractivity contribution in [3.05, 3.63) is 23.3 Å². The average Bonchev–Trinajstić information content (AvgIpc) is 2.63. The summed E-state index contributed by atoms with van der Waals surface area (Å²) in [4.78, 5) is 14.3. The molecule has 3 rings (SSSR count). The Balaban J connectivity index is 2.25. The van der Waals surface area contributed by atoms with Crippen molar-refractivity contribution in [1.29, 1.82) is 0 Å². The fourth-order valence-corrected chi connectivity index (χ4v) is 3.04. The van der Waals surface area contributed by atoms with E-state index in [0.717, 1.165) is 4.90 Å². The molecule has 126 valence electrons. The topological polar surface area (TPSA) is 38.8 Å². The summed E-state index contributed by atoms with van der Waals surface area (Å²) in [5, 5.41) is 0. The number of carbonyl (C=O) groups is 1. The quantitative estimate of drug-likeness (QED) is 0.853. The number of hydrogen-bond acceptors (Lipinski definition) is 4. The van der Waals surface area contributed by atoms with E-state index >= 15 is 0 Å². The first-order chi connectivity index (χ1) is 13.3. The van der Waals surface area contributed by atoms with Crippen molar-refractivity contribution >= 4 is 5.78 Å². The zero-order valence-electron chi connectivity index (χ0n) is 20.0. The normalized spacial score (nSPS) is 38.9. The Morgan fingerprint density at radius 2 is 2.04 bits per heavy atom. The van der Waals surface area contributed by atoms with Gasteiger partial charge >= 0.3 is 0 Å². The summed E-state index contributed by atoms with van der Waals surface area (Å²) < 4.78 is 62.5. The van der Waals surface area contributed by atoms with Gasteiger partial charge < -0.3 is 9.47 Å². The number of methoxy groups -OCH3 is 2. The van der Waals surface area contributed by atoms with Crippen LogP contribution in [0.2, 0.25) is 0 Å². The van der Waals surface area contributed by atoms with Gasteiger partial charge in [0.05, 0.1) is 14.2 Å². The smallest absolute Gasteiger partial charge is 0.161 e. The minimum absolute atomic E-state index is 0.119. The number of piperidine rings is 1. The van der Waals surface area contributed by atoms with Crippen LogP contribution in [0.5, 0.6) is 11.5 Å². The highest BCUT2D eigenvalue weighted by molar-refractivity contribution is 5.83. The van der Waals surface area contributed by atoms with Crippen LogP contribution in [0.15, 0.2) is 12.1 Å². The second-order valence-electron chi connectivity index (χ2n) is 6.26. The average molecular weight is 323 g/mol. The summed E-state index contributed by atoms with van der Waals surface area (Å²) in [7, 11) is 2.91. The molecule has 0 bridgehead atoms. The van der Waals surface area contributed by atoms with Crippen LogP contribution in [0.1, 0.15) is 52.0 Å². The predicted octanol–water partition coefficient (Wildman–Crippen LogP) is 3.24. The molecular weight excluding hydrogens is 290 g/mol. The van der Waals surface area contributed by atoms with Gasteiger partial charge in [0.2, 0.25) is 0 Å². The van der Waals surface area contributed by atoms with Crippen LogP contribution in [0, 0.1) is 11.8 Å². The number of rotatable bonds is 4. The molecular formula is C19H27NO3. The van der Waals surface area contributed by atoms with Gasteiger partial charge in [-0.2, -0.15) is 0 Å². The molecule has 1 fully saturated rings. The Morgan fingerprint density at radius 1 is 1.35 bits per heavy atom. The van der Waals surface area contributed by atoms with Crippen molar-refractivity contribution in [2.75, 3.05) is 27.2 Å². The van der Waals surface area contributed by atoms with Gasteiger partial charge in [-0.15, -0.1) is 0 Å². The summed E-state index contributed by atoms with van der Waals surface area (Å²) in [6, 6.07) is 1.87. The zero-order chi connectivity index (χ0) is 21.9. The summed E-state index contributed by atoms with van der Waals surface area (Å²) in [6.07, 6.45) is -2.56. The Bertz CT molecular complexity index is 830. The Kier molecular flexibility index (Phi) is 2.93. The number of aryl methyl sites for hydroxylation is 1.